The van der Waals surface area contributed by atoms with Gasteiger partial charge in [0, 0.05) is 18.6 Å². The van der Waals surface area contributed by atoms with Crippen LogP contribution in [0.25, 0.3) is 0 Å². The number of likely N-dealkylation sites (tertiary alicyclic amines) is 1. The highest BCUT2D eigenvalue weighted by atomic mass is 16.2. The van der Waals surface area contributed by atoms with Crippen LogP contribution in [0.5, 0.6) is 0 Å². The van der Waals surface area contributed by atoms with Crippen LogP contribution in [-0.2, 0) is 0 Å². The molecule has 4 heteroatoms. The van der Waals surface area contributed by atoms with E-state index < -0.39 is 0 Å². The average molecular weight is 275 g/mol. The van der Waals surface area contributed by atoms with Crippen LogP contribution in [0.15, 0.2) is 18.2 Å². The van der Waals surface area contributed by atoms with Gasteiger partial charge < -0.3 is 10.2 Å². The first-order chi connectivity index (χ1) is 9.47. The Morgan fingerprint density at radius 3 is 2.80 bits per heavy atom. The van der Waals surface area contributed by atoms with Crippen LogP contribution in [0.3, 0.4) is 0 Å². The Bertz CT molecular complexity index is 473. The highest BCUT2D eigenvalue weighted by molar-refractivity contribution is 5.93. The van der Waals surface area contributed by atoms with Gasteiger partial charge in [-0.1, -0.05) is 13.0 Å². The molecule has 20 heavy (non-hydrogen) atoms. The molecule has 2 rings (SSSR count). The third kappa shape index (κ3) is 3.50. The highest BCUT2D eigenvalue weighted by Crippen LogP contribution is 2.23. The number of anilines is 1. The molecule has 0 bridgehead atoms. The molecule has 2 unspecified atom stereocenters. The van der Waals surface area contributed by atoms with Crippen molar-refractivity contribution < 1.29 is 4.79 Å². The lowest BCUT2D eigenvalue weighted by atomic mass is 9.95. The largest absolute Gasteiger partial charge is 0.368 e. The second-order valence-corrected chi connectivity index (χ2v) is 6.20. The van der Waals surface area contributed by atoms with Gasteiger partial charge in [-0.25, -0.2) is 4.98 Å². The van der Waals surface area contributed by atoms with E-state index in [1.807, 2.05) is 17.0 Å². The van der Waals surface area contributed by atoms with Gasteiger partial charge in [-0.3, -0.25) is 4.79 Å². The minimum Gasteiger partial charge on any atom is -0.368 e. The van der Waals surface area contributed by atoms with Crippen LogP contribution < -0.4 is 5.32 Å². The molecule has 1 aromatic heterocycles. The molecular formula is C16H25N3O. The molecule has 1 aliphatic heterocycles. The van der Waals surface area contributed by atoms with Crippen molar-refractivity contribution in [2.24, 2.45) is 5.92 Å². The summed E-state index contributed by atoms with van der Waals surface area (Å²) in [6.07, 6.45) is 2.28. The Balaban J connectivity index is 2.15. The molecule has 1 aliphatic rings. The number of carbonyl (C=O) groups excluding carboxylic acids is 1. The number of piperidine rings is 1. The van der Waals surface area contributed by atoms with Gasteiger partial charge >= 0.3 is 0 Å². The molecule has 0 aliphatic carbocycles. The van der Waals surface area contributed by atoms with Crippen molar-refractivity contribution in [1.82, 2.24) is 9.88 Å². The number of carbonyl (C=O) groups is 1. The van der Waals surface area contributed by atoms with Gasteiger partial charge in [0.15, 0.2) is 0 Å². The van der Waals surface area contributed by atoms with E-state index >= 15 is 0 Å². The maximum atomic E-state index is 12.6. The maximum Gasteiger partial charge on any atom is 0.272 e. The van der Waals surface area contributed by atoms with E-state index in [4.69, 9.17) is 0 Å². The first-order valence-corrected chi connectivity index (χ1v) is 7.52. The van der Waals surface area contributed by atoms with E-state index in [0.29, 0.717) is 23.7 Å². The molecule has 2 atom stereocenters. The summed E-state index contributed by atoms with van der Waals surface area (Å²) in [5.74, 6) is 1.40. The van der Waals surface area contributed by atoms with E-state index in [2.05, 4.69) is 38.0 Å². The third-order valence-electron chi connectivity index (χ3n) is 3.78. The molecular weight excluding hydrogens is 250 g/mol. The van der Waals surface area contributed by atoms with Crippen molar-refractivity contribution in [3.8, 4) is 0 Å². The number of amides is 1. The summed E-state index contributed by atoms with van der Waals surface area (Å²) < 4.78 is 0. The zero-order valence-corrected chi connectivity index (χ0v) is 12.9. The molecule has 1 amide bonds. The van der Waals surface area contributed by atoms with Gasteiger partial charge in [0.2, 0.25) is 0 Å². The van der Waals surface area contributed by atoms with E-state index in [1.165, 1.54) is 6.42 Å². The van der Waals surface area contributed by atoms with Crippen molar-refractivity contribution in [1.29, 1.82) is 0 Å². The van der Waals surface area contributed by atoms with E-state index in [9.17, 15) is 4.79 Å². The lowest BCUT2D eigenvalue weighted by Gasteiger charge is -2.36. The summed E-state index contributed by atoms with van der Waals surface area (Å²) in [6.45, 7) is 9.29. The topological polar surface area (TPSA) is 45.2 Å². The van der Waals surface area contributed by atoms with Crippen LogP contribution >= 0.6 is 0 Å². The fourth-order valence-electron chi connectivity index (χ4n) is 2.65. The molecule has 0 saturated carbocycles. The Morgan fingerprint density at radius 2 is 2.10 bits per heavy atom. The molecule has 1 aromatic rings. The van der Waals surface area contributed by atoms with Crippen LogP contribution in [0, 0.1) is 5.92 Å². The van der Waals surface area contributed by atoms with Crippen LogP contribution in [0.4, 0.5) is 5.82 Å². The summed E-state index contributed by atoms with van der Waals surface area (Å²) in [4.78, 5) is 19.0. The van der Waals surface area contributed by atoms with Gasteiger partial charge in [0.05, 0.1) is 0 Å². The predicted molar refractivity (Wildman–Crippen MR) is 81.9 cm³/mol. The van der Waals surface area contributed by atoms with Crippen LogP contribution in [0.1, 0.15) is 51.0 Å². The second-order valence-electron chi connectivity index (χ2n) is 6.20. The zero-order valence-electron chi connectivity index (χ0n) is 12.9. The molecule has 2 heterocycles. The molecule has 1 fully saturated rings. The first-order valence-electron chi connectivity index (χ1n) is 7.52. The van der Waals surface area contributed by atoms with Crippen LogP contribution in [-0.4, -0.2) is 34.4 Å². The lowest BCUT2D eigenvalue weighted by molar-refractivity contribution is 0.0568. The first kappa shape index (κ1) is 14.8. The SMILES string of the molecule is CC1CCC(C)N(C(=O)c2cccc(NC(C)C)n2)C1. The molecule has 0 radical (unpaired) electrons. The minimum absolute atomic E-state index is 0.0523. The Hall–Kier alpha value is -1.58. The number of hydrogen-bond donors (Lipinski definition) is 1. The van der Waals surface area contributed by atoms with Gasteiger partial charge in [-0.15, -0.1) is 0 Å². The molecule has 0 aromatic carbocycles. The van der Waals surface area contributed by atoms with Crippen molar-refractivity contribution in [3.05, 3.63) is 23.9 Å². The summed E-state index contributed by atoms with van der Waals surface area (Å²) in [7, 11) is 0. The van der Waals surface area contributed by atoms with E-state index in [1.54, 1.807) is 6.07 Å². The average Bonchev–Trinajstić information content (AvgIpc) is 2.40. The van der Waals surface area contributed by atoms with Gasteiger partial charge in [0.1, 0.15) is 11.5 Å². The number of nitrogens with zero attached hydrogens (tertiary/aromatic N) is 2. The zero-order chi connectivity index (χ0) is 14.7. The monoisotopic (exact) mass is 275 g/mol. The van der Waals surface area contributed by atoms with Crippen molar-refractivity contribution in [2.75, 3.05) is 11.9 Å². The van der Waals surface area contributed by atoms with Crippen molar-refractivity contribution >= 4 is 11.7 Å². The van der Waals surface area contributed by atoms with Crippen LogP contribution in [0.2, 0.25) is 0 Å². The lowest BCUT2D eigenvalue weighted by Crippen LogP contribution is -2.45. The van der Waals surface area contributed by atoms with Crippen molar-refractivity contribution in [2.45, 2.75) is 52.6 Å². The van der Waals surface area contributed by atoms with E-state index in [0.717, 1.165) is 18.8 Å². The summed E-state index contributed by atoms with van der Waals surface area (Å²) in [5.41, 5.74) is 0.539. The van der Waals surface area contributed by atoms with E-state index in [-0.39, 0.29) is 5.91 Å². The predicted octanol–water partition coefficient (Wildman–Crippen LogP) is 3.16. The Kier molecular flexibility index (Phi) is 4.63. The number of rotatable bonds is 3. The maximum absolute atomic E-state index is 12.6. The number of aromatic nitrogens is 1. The number of pyridine rings is 1. The Labute approximate surface area is 121 Å². The molecule has 110 valence electrons. The third-order valence-corrected chi connectivity index (χ3v) is 3.78. The standard InChI is InChI=1S/C16H25N3O/c1-11(2)17-15-7-5-6-14(18-15)16(20)19-10-12(3)8-9-13(19)4/h5-7,11-13H,8-10H2,1-4H3,(H,17,18). The molecule has 4 nitrogen and oxygen atoms in total. The summed E-state index contributed by atoms with van der Waals surface area (Å²) in [5, 5.41) is 3.24. The second kappa shape index (κ2) is 6.25. The fourth-order valence-corrected chi connectivity index (χ4v) is 2.65. The quantitative estimate of drug-likeness (QED) is 0.921. The summed E-state index contributed by atoms with van der Waals surface area (Å²) in [6, 6.07) is 6.21. The van der Waals surface area contributed by atoms with Gasteiger partial charge in [-0.05, 0) is 51.7 Å². The molecule has 0 spiro atoms. The molecule has 1 saturated heterocycles. The molecule has 1 N–H and O–H groups in total. The normalized spacial score (nSPS) is 22.9. The smallest absolute Gasteiger partial charge is 0.272 e. The number of hydrogen-bond acceptors (Lipinski definition) is 3. The number of nitrogens with one attached hydrogen (secondary N) is 1. The Morgan fingerprint density at radius 1 is 1.35 bits per heavy atom. The fraction of sp³-hybridized carbons (Fsp3) is 0.625. The van der Waals surface area contributed by atoms with Crippen molar-refractivity contribution in [3.63, 3.8) is 0 Å². The van der Waals surface area contributed by atoms with Gasteiger partial charge in [0.25, 0.3) is 5.91 Å². The minimum atomic E-state index is 0.0523. The summed E-state index contributed by atoms with van der Waals surface area (Å²) >= 11 is 0. The van der Waals surface area contributed by atoms with Gasteiger partial charge in [-0.2, -0.15) is 0 Å². The highest BCUT2D eigenvalue weighted by Gasteiger charge is 2.28.